The molecule has 1 saturated heterocycles. The first-order chi connectivity index (χ1) is 10.2. The van der Waals surface area contributed by atoms with E-state index in [2.05, 4.69) is 60.2 Å². The Balaban J connectivity index is 1.71. The van der Waals surface area contributed by atoms with Crippen LogP contribution in [0.4, 0.5) is 5.69 Å². The lowest BCUT2D eigenvalue weighted by Crippen LogP contribution is -2.47. The number of rotatable bonds is 7. The van der Waals surface area contributed by atoms with Crippen LogP contribution in [-0.2, 0) is 0 Å². The monoisotopic (exact) mass is 289 g/mol. The third-order valence-electron chi connectivity index (χ3n) is 4.36. The van der Waals surface area contributed by atoms with Crippen LogP contribution in [0.3, 0.4) is 0 Å². The first kappa shape index (κ1) is 16.3. The number of anilines is 1. The van der Waals surface area contributed by atoms with Gasteiger partial charge >= 0.3 is 0 Å². The molecule has 3 nitrogen and oxygen atoms in total. The summed E-state index contributed by atoms with van der Waals surface area (Å²) in [6, 6.07) is 9.51. The highest BCUT2D eigenvalue weighted by Crippen LogP contribution is 2.17. The van der Waals surface area contributed by atoms with Crippen LogP contribution in [-0.4, -0.2) is 50.2 Å². The second kappa shape index (κ2) is 8.40. The fourth-order valence-electron chi connectivity index (χ4n) is 2.92. The van der Waals surface area contributed by atoms with Gasteiger partial charge in [-0.05, 0) is 57.5 Å². The Bertz CT molecular complexity index is 411. The highest BCUT2D eigenvalue weighted by molar-refractivity contribution is 5.48. The molecule has 1 atom stereocenters. The molecule has 0 saturated carbocycles. The highest BCUT2D eigenvalue weighted by Gasteiger charge is 2.17. The summed E-state index contributed by atoms with van der Waals surface area (Å²) in [4.78, 5) is 5.12. The van der Waals surface area contributed by atoms with E-state index in [0.717, 1.165) is 19.6 Å². The largest absolute Gasteiger partial charge is 0.369 e. The minimum atomic E-state index is 0.639. The van der Waals surface area contributed by atoms with Crippen LogP contribution in [0.15, 0.2) is 24.3 Å². The Morgan fingerprint density at radius 1 is 1.19 bits per heavy atom. The van der Waals surface area contributed by atoms with Gasteiger partial charge in [-0.1, -0.05) is 19.1 Å². The Hall–Kier alpha value is -1.06. The molecule has 1 N–H and O–H groups in total. The molecule has 2 rings (SSSR count). The molecule has 0 aliphatic carbocycles. The van der Waals surface area contributed by atoms with Crippen LogP contribution < -0.4 is 10.2 Å². The zero-order valence-electron chi connectivity index (χ0n) is 13.9. The maximum Gasteiger partial charge on any atom is 0.0369 e. The van der Waals surface area contributed by atoms with Crippen LogP contribution in [0.5, 0.6) is 0 Å². The number of nitrogens with one attached hydrogen (secondary N) is 1. The van der Waals surface area contributed by atoms with Crippen molar-refractivity contribution in [2.45, 2.75) is 39.7 Å². The van der Waals surface area contributed by atoms with Crippen LogP contribution in [0, 0.1) is 6.92 Å². The number of piperazine rings is 1. The Morgan fingerprint density at radius 2 is 1.95 bits per heavy atom. The summed E-state index contributed by atoms with van der Waals surface area (Å²) in [7, 11) is 0. The number of benzene rings is 1. The van der Waals surface area contributed by atoms with E-state index in [4.69, 9.17) is 0 Å². The highest BCUT2D eigenvalue weighted by atomic mass is 15.3. The third-order valence-corrected chi connectivity index (χ3v) is 4.36. The van der Waals surface area contributed by atoms with Gasteiger partial charge in [0.1, 0.15) is 0 Å². The lowest BCUT2D eigenvalue weighted by Gasteiger charge is -2.36. The number of aryl methyl sites for hydroxylation is 1. The number of hydrogen-bond donors (Lipinski definition) is 1. The van der Waals surface area contributed by atoms with Gasteiger partial charge in [0, 0.05) is 37.9 Å². The SMILES string of the molecule is CCCNC(C)CCN1CCN(c2cccc(C)c2)CC1. The summed E-state index contributed by atoms with van der Waals surface area (Å²) in [6.45, 7) is 13.7. The summed E-state index contributed by atoms with van der Waals surface area (Å²) < 4.78 is 0. The standard InChI is InChI=1S/C18H31N3/c1-4-9-19-17(3)8-10-20-11-13-21(14-12-20)18-7-5-6-16(2)15-18/h5-7,15,17,19H,4,8-14H2,1-3H3. The topological polar surface area (TPSA) is 18.5 Å². The minimum absolute atomic E-state index is 0.639. The number of hydrogen-bond acceptors (Lipinski definition) is 3. The van der Waals surface area contributed by atoms with Gasteiger partial charge < -0.3 is 10.2 Å². The van der Waals surface area contributed by atoms with Crippen molar-refractivity contribution in [2.75, 3.05) is 44.2 Å². The molecule has 1 aromatic rings. The van der Waals surface area contributed by atoms with E-state index in [1.807, 2.05) is 0 Å². The van der Waals surface area contributed by atoms with Crippen molar-refractivity contribution in [3.05, 3.63) is 29.8 Å². The van der Waals surface area contributed by atoms with Crippen molar-refractivity contribution < 1.29 is 0 Å². The van der Waals surface area contributed by atoms with Gasteiger partial charge in [-0.3, -0.25) is 4.90 Å². The van der Waals surface area contributed by atoms with E-state index in [0.29, 0.717) is 6.04 Å². The third kappa shape index (κ3) is 5.33. The predicted octanol–water partition coefficient (Wildman–Crippen LogP) is 2.90. The van der Waals surface area contributed by atoms with Crippen LogP contribution in [0.2, 0.25) is 0 Å². The van der Waals surface area contributed by atoms with Gasteiger partial charge in [-0.25, -0.2) is 0 Å². The summed E-state index contributed by atoms with van der Waals surface area (Å²) >= 11 is 0. The van der Waals surface area contributed by atoms with Crippen LogP contribution in [0.1, 0.15) is 32.3 Å². The van der Waals surface area contributed by atoms with Crippen molar-refractivity contribution in [1.82, 2.24) is 10.2 Å². The van der Waals surface area contributed by atoms with Crippen LogP contribution in [0.25, 0.3) is 0 Å². The Morgan fingerprint density at radius 3 is 2.62 bits per heavy atom. The van der Waals surface area contributed by atoms with Crippen molar-refractivity contribution in [1.29, 1.82) is 0 Å². The molecule has 0 spiro atoms. The van der Waals surface area contributed by atoms with Crippen molar-refractivity contribution in [2.24, 2.45) is 0 Å². The van der Waals surface area contributed by atoms with E-state index in [1.165, 1.54) is 43.7 Å². The molecule has 21 heavy (non-hydrogen) atoms. The molecule has 3 heteroatoms. The van der Waals surface area contributed by atoms with Gasteiger partial charge in [0.15, 0.2) is 0 Å². The van der Waals surface area contributed by atoms with Crippen LogP contribution >= 0.6 is 0 Å². The summed E-state index contributed by atoms with van der Waals surface area (Å²) in [5, 5.41) is 3.58. The molecule has 0 bridgehead atoms. The molecule has 1 fully saturated rings. The average Bonchev–Trinajstić information content (AvgIpc) is 2.51. The fraction of sp³-hybridized carbons (Fsp3) is 0.667. The maximum absolute atomic E-state index is 3.58. The van der Waals surface area contributed by atoms with Crippen molar-refractivity contribution in [3.8, 4) is 0 Å². The van der Waals surface area contributed by atoms with E-state index in [1.54, 1.807) is 0 Å². The molecular weight excluding hydrogens is 258 g/mol. The molecule has 1 unspecified atom stereocenters. The van der Waals surface area contributed by atoms with E-state index in [-0.39, 0.29) is 0 Å². The zero-order chi connectivity index (χ0) is 15.1. The molecule has 0 amide bonds. The molecule has 0 radical (unpaired) electrons. The first-order valence-corrected chi connectivity index (χ1v) is 8.46. The van der Waals surface area contributed by atoms with E-state index >= 15 is 0 Å². The predicted molar refractivity (Wildman–Crippen MR) is 92.2 cm³/mol. The van der Waals surface area contributed by atoms with Gasteiger partial charge in [-0.2, -0.15) is 0 Å². The second-order valence-corrected chi connectivity index (χ2v) is 6.31. The minimum Gasteiger partial charge on any atom is -0.369 e. The normalized spacial score (nSPS) is 18.0. The van der Waals surface area contributed by atoms with Gasteiger partial charge in [-0.15, -0.1) is 0 Å². The summed E-state index contributed by atoms with van der Waals surface area (Å²) in [5.41, 5.74) is 2.73. The van der Waals surface area contributed by atoms with Gasteiger partial charge in [0.25, 0.3) is 0 Å². The maximum atomic E-state index is 3.58. The molecular formula is C18H31N3. The first-order valence-electron chi connectivity index (χ1n) is 8.46. The zero-order valence-corrected chi connectivity index (χ0v) is 13.9. The second-order valence-electron chi connectivity index (χ2n) is 6.31. The smallest absolute Gasteiger partial charge is 0.0369 e. The molecule has 1 aliphatic heterocycles. The summed E-state index contributed by atoms with van der Waals surface area (Å²) in [6.07, 6.45) is 2.48. The molecule has 118 valence electrons. The molecule has 1 aromatic carbocycles. The Kier molecular flexibility index (Phi) is 6.52. The Labute approximate surface area is 130 Å². The van der Waals surface area contributed by atoms with E-state index in [9.17, 15) is 0 Å². The number of nitrogens with zero attached hydrogens (tertiary/aromatic N) is 2. The molecule has 0 aromatic heterocycles. The molecule has 1 aliphatic rings. The van der Waals surface area contributed by atoms with Crippen molar-refractivity contribution in [3.63, 3.8) is 0 Å². The average molecular weight is 289 g/mol. The van der Waals surface area contributed by atoms with Gasteiger partial charge in [0.2, 0.25) is 0 Å². The van der Waals surface area contributed by atoms with Gasteiger partial charge in [0.05, 0.1) is 0 Å². The quantitative estimate of drug-likeness (QED) is 0.832. The van der Waals surface area contributed by atoms with Crippen molar-refractivity contribution >= 4 is 5.69 Å². The lowest BCUT2D eigenvalue weighted by molar-refractivity contribution is 0.245. The lowest BCUT2D eigenvalue weighted by atomic mass is 10.1. The fourth-order valence-corrected chi connectivity index (χ4v) is 2.92. The van der Waals surface area contributed by atoms with E-state index < -0.39 is 0 Å². The summed E-state index contributed by atoms with van der Waals surface area (Å²) in [5.74, 6) is 0. The molecule has 1 heterocycles.